The van der Waals surface area contributed by atoms with Crippen LogP contribution in [0, 0.1) is 0 Å². The van der Waals surface area contributed by atoms with Crippen molar-refractivity contribution in [1.82, 2.24) is 0 Å². The fourth-order valence-corrected chi connectivity index (χ4v) is 2.03. The minimum atomic E-state index is 0.206. The molecule has 1 N–H and O–H groups in total. The molecule has 0 fully saturated rings. The zero-order valence-electron chi connectivity index (χ0n) is 10.6. The van der Waals surface area contributed by atoms with E-state index in [0.29, 0.717) is 17.1 Å². The lowest BCUT2D eigenvalue weighted by Crippen LogP contribution is -1.85. The van der Waals surface area contributed by atoms with Gasteiger partial charge in [0.2, 0.25) is 0 Å². The van der Waals surface area contributed by atoms with Crippen LogP contribution in [0.2, 0.25) is 0 Å². The van der Waals surface area contributed by atoms with Crippen LogP contribution in [-0.2, 0) is 0 Å². The number of aldehydes is 1. The summed E-state index contributed by atoms with van der Waals surface area (Å²) in [4.78, 5) is 10.7. The van der Waals surface area contributed by atoms with Gasteiger partial charge in [0.05, 0.1) is 0 Å². The first kappa shape index (κ1) is 12.2. The first-order chi connectivity index (χ1) is 9.74. The molecule has 0 aromatic heterocycles. The van der Waals surface area contributed by atoms with E-state index in [4.69, 9.17) is 4.74 Å². The van der Waals surface area contributed by atoms with Gasteiger partial charge in [0.25, 0.3) is 0 Å². The number of fused-ring (bicyclic) bond motifs is 1. The van der Waals surface area contributed by atoms with E-state index in [1.54, 1.807) is 30.3 Å². The van der Waals surface area contributed by atoms with Gasteiger partial charge < -0.3 is 9.84 Å². The molecule has 3 aromatic carbocycles. The molecule has 3 heteroatoms. The predicted octanol–water partition coefficient (Wildman–Crippen LogP) is 4.15. The molecular formula is C17H12O3. The summed E-state index contributed by atoms with van der Waals surface area (Å²) in [5.41, 5.74) is 0.657. The zero-order valence-corrected chi connectivity index (χ0v) is 10.6. The summed E-state index contributed by atoms with van der Waals surface area (Å²) in [7, 11) is 0. The molecule has 0 aliphatic heterocycles. The smallest absolute Gasteiger partial charge is 0.150 e. The van der Waals surface area contributed by atoms with E-state index in [2.05, 4.69) is 0 Å². The Balaban J connectivity index is 1.92. The molecule has 0 aliphatic rings. The van der Waals surface area contributed by atoms with Crippen molar-refractivity contribution in [1.29, 1.82) is 0 Å². The maximum Gasteiger partial charge on any atom is 0.150 e. The molecule has 0 bridgehead atoms. The molecule has 0 radical (unpaired) electrons. The van der Waals surface area contributed by atoms with Gasteiger partial charge in [-0.05, 0) is 53.2 Å². The fraction of sp³-hybridized carbons (Fsp3) is 0. The highest BCUT2D eigenvalue weighted by molar-refractivity contribution is 5.89. The van der Waals surface area contributed by atoms with Crippen LogP contribution in [0.3, 0.4) is 0 Å². The molecule has 0 spiro atoms. The number of phenolic OH excluding ortho intramolecular Hbond substituents is 1. The van der Waals surface area contributed by atoms with Crippen molar-refractivity contribution < 1.29 is 14.6 Å². The maximum atomic E-state index is 10.7. The Bertz CT molecular complexity index is 761. The Kier molecular flexibility index (Phi) is 3.09. The third-order valence-corrected chi connectivity index (χ3v) is 3.04. The van der Waals surface area contributed by atoms with Crippen LogP contribution in [-0.4, -0.2) is 11.4 Å². The number of aromatic hydroxyl groups is 1. The second-order valence-electron chi connectivity index (χ2n) is 4.48. The molecule has 0 saturated heterocycles. The van der Waals surface area contributed by atoms with Crippen molar-refractivity contribution in [2.75, 3.05) is 0 Å². The molecule has 3 nitrogen and oxygen atoms in total. The van der Waals surface area contributed by atoms with Crippen molar-refractivity contribution in [2.45, 2.75) is 0 Å². The second-order valence-corrected chi connectivity index (χ2v) is 4.48. The quantitative estimate of drug-likeness (QED) is 0.723. The van der Waals surface area contributed by atoms with Gasteiger partial charge in [0.15, 0.2) is 0 Å². The standard InChI is InChI=1S/C17H12O3/c18-11-12-1-2-14-10-17(6-3-13(14)9-12)20-16-7-4-15(19)5-8-16/h1-11,19H. The van der Waals surface area contributed by atoms with E-state index in [9.17, 15) is 9.90 Å². The second kappa shape index (κ2) is 5.05. The number of benzene rings is 3. The largest absolute Gasteiger partial charge is 0.508 e. The van der Waals surface area contributed by atoms with E-state index in [1.807, 2.05) is 30.3 Å². The highest BCUT2D eigenvalue weighted by Gasteiger charge is 2.01. The summed E-state index contributed by atoms with van der Waals surface area (Å²) in [6, 6.07) is 17.7. The molecule has 3 aromatic rings. The molecule has 98 valence electrons. The summed E-state index contributed by atoms with van der Waals surface area (Å²) in [5, 5.41) is 11.2. The van der Waals surface area contributed by atoms with E-state index in [1.165, 1.54) is 0 Å². The Hall–Kier alpha value is -2.81. The maximum absolute atomic E-state index is 10.7. The number of rotatable bonds is 3. The van der Waals surface area contributed by atoms with Gasteiger partial charge in [-0.1, -0.05) is 18.2 Å². The van der Waals surface area contributed by atoms with Gasteiger partial charge in [0, 0.05) is 5.56 Å². The Morgan fingerprint density at radius 3 is 2.20 bits per heavy atom. The van der Waals surface area contributed by atoms with Gasteiger partial charge in [-0.2, -0.15) is 0 Å². The molecule has 0 saturated carbocycles. The highest BCUT2D eigenvalue weighted by Crippen LogP contribution is 2.27. The van der Waals surface area contributed by atoms with Crippen LogP contribution in [0.5, 0.6) is 17.2 Å². The van der Waals surface area contributed by atoms with Crippen molar-refractivity contribution >= 4 is 17.1 Å². The van der Waals surface area contributed by atoms with Crippen LogP contribution in [0.25, 0.3) is 10.8 Å². The number of carbonyl (C=O) groups is 1. The summed E-state index contributed by atoms with van der Waals surface area (Å²) >= 11 is 0. The topological polar surface area (TPSA) is 46.5 Å². The van der Waals surface area contributed by atoms with Crippen molar-refractivity contribution in [3.8, 4) is 17.2 Å². The summed E-state index contributed by atoms with van der Waals surface area (Å²) in [5.74, 6) is 1.57. The monoisotopic (exact) mass is 264 g/mol. The molecule has 20 heavy (non-hydrogen) atoms. The average Bonchev–Trinajstić information content (AvgIpc) is 2.49. The molecule has 3 rings (SSSR count). The van der Waals surface area contributed by atoms with E-state index >= 15 is 0 Å². The van der Waals surface area contributed by atoms with Crippen LogP contribution in [0.1, 0.15) is 10.4 Å². The van der Waals surface area contributed by atoms with Gasteiger partial charge >= 0.3 is 0 Å². The van der Waals surface area contributed by atoms with E-state index in [0.717, 1.165) is 17.1 Å². The van der Waals surface area contributed by atoms with E-state index in [-0.39, 0.29) is 5.75 Å². The molecule has 0 atom stereocenters. The molecule has 0 aliphatic carbocycles. The van der Waals surface area contributed by atoms with Crippen molar-refractivity contribution in [3.05, 3.63) is 66.2 Å². The first-order valence-electron chi connectivity index (χ1n) is 6.20. The summed E-state index contributed by atoms with van der Waals surface area (Å²) in [6.07, 6.45) is 0.834. The van der Waals surface area contributed by atoms with Crippen molar-refractivity contribution in [2.24, 2.45) is 0 Å². The number of hydrogen-bond acceptors (Lipinski definition) is 3. The van der Waals surface area contributed by atoms with Crippen LogP contribution >= 0.6 is 0 Å². The number of carbonyl (C=O) groups excluding carboxylic acids is 1. The van der Waals surface area contributed by atoms with Gasteiger partial charge in [-0.15, -0.1) is 0 Å². The van der Waals surface area contributed by atoms with Gasteiger partial charge in [-0.25, -0.2) is 0 Å². The Morgan fingerprint density at radius 2 is 1.45 bits per heavy atom. The van der Waals surface area contributed by atoms with Gasteiger partial charge in [0.1, 0.15) is 23.5 Å². The minimum Gasteiger partial charge on any atom is -0.508 e. The normalized spacial score (nSPS) is 10.4. The number of hydrogen-bond donors (Lipinski definition) is 1. The lowest BCUT2D eigenvalue weighted by atomic mass is 10.1. The number of ether oxygens (including phenoxy) is 1. The summed E-state index contributed by atoms with van der Waals surface area (Å²) < 4.78 is 5.72. The Morgan fingerprint density at radius 1 is 0.800 bits per heavy atom. The average molecular weight is 264 g/mol. The number of phenols is 1. The van der Waals surface area contributed by atoms with Crippen LogP contribution in [0.4, 0.5) is 0 Å². The molecule has 0 unspecified atom stereocenters. The minimum absolute atomic E-state index is 0.206. The lowest BCUT2D eigenvalue weighted by molar-refractivity contribution is 0.112. The van der Waals surface area contributed by atoms with Crippen LogP contribution < -0.4 is 4.74 Å². The predicted molar refractivity (Wildman–Crippen MR) is 77.5 cm³/mol. The Labute approximate surface area is 116 Å². The van der Waals surface area contributed by atoms with Crippen LogP contribution in [0.15, 0.2) is 60.7 Å². The first-order valence-corrected chi connectivity index (χ1v) is 6.20. The molecule has 0 amide bonds. The van der Waals surface area contributed by atoms with Gasteiger partial charge in [-0.3, -0.25) is 4.79 Å². The third kappa shape index (κ3) is 2.47. The molecular weight excluding hydrogens is 252 g/mol. The van der Waals surface area contributed by atoms with E-state index < -0.39 is 0 Å². The molecule has 0 heterocycles. The fourth-order valence-electron chi connectivity index (χ4n) is 2.03. The zero-order chi connectivity index (χ0) is 13.9. The SMILES string of the molecule is O=Cc1ccc2cc(Oc3ccc(O)cc3)ccc2c1. The highest BCUT2D eigenvalue weighted by atomic mass is 16.5. The third-order valence-electron chi connectivity index (χ3n) is 3.04. The summed E-state index contributed by atoms with van der Waals surface area (Å²) in [6.45, 7) is 0. The lowest BCUT2D eigenvalue weighted by Gasteiger charge is -2.07. The van der Waals surface area contributed by atoms with Crippen molar-refractivity contribution in [3.63, 3.8) is 0 Å².